The molecule has 1 aliphatic heterocycles. The molecule has 4 aromatic rings. The molecule has 1 aliphatic rings. The normalized spacial score (nSPS) is 16.2. The number of carbonyl (C=O) groups excluding carboxylic acids is 1. The van der Waals surface area contributed by atoms with E-state index in [0.717, 1.165) is 28.6 Å². The van der Waals surface area contributed by atoms with Crippen LogP contribution in [-0.2, 0) is 0 Å². The van der Waals surface area contributed by atoms with Crippen molar-refractivity contribution >= 4 is 16.8 Å². The molecule has 0 aliphatic carbocycles. The summed E-state index contributed by atoms with van der Waals surface area (Å²) < 4.78 is 19.3. The lowest BCUT2D eigenvalue weighted by Gasteiger charge is -2.17. The molecule has 30 heavy (non-hydrogen) atoms. The lowest BCUT2D eigenvalue weighted by atomic mass is 10.1. The van der Waals surface area contributed by atoms with Gasteiger partial charge in [-0.25, -0.2) is 4.39 Å². The van der Waals surface area contributed by atoms with E-state index in [4.69, 9.17) is 4.74 Å². The molecule has 150 valence electrons. The van der Waals surface area contributed by atoms with Crippen molar-refractivity contribution in [3.8, 4) is 17.0 Å². The van der Waals surface area contributed by atoms with Crippen molar-refractivity contribution in [3.63, 3.8) is 0 Å². The zero-order chi connectivity index (χ0) is 20.5. The first kappa shape index (κ1) is 18.3. The lowest BCUT2D eigenvalue weighted by Crippen LogP contribution is -2.31. The number of pyridine rings is 1. The standard InChI is InChI=1S/C23H19FN4O2/c24-17-8-6-15(7-9-17)19-13-20(27-26-19)23(29)28-12-10-18(14-28)30-21-5-1-3-16-4-2-11-25-22(16)21/h1-9,11,13,18H,10,12,14H2,(H,26,27)/t18-/m1/s1. The zero-order valence-corrected chi connectivity index (χ0v) is 16.1. The molecule has 3 heterocycles. The van der Waals surface area contributed by atoms with Gasteiger partial charge in [-0.15, -0.1) is 0 Å². The van der Waals surface area contributed by atoms with Crippen LogP contribution in [0.15, 0.2) is 66.9 Å². The van der Waals surface area contributed by atoms with Gasteiger partial charge in [-0.1, -0.05) is 18.2 Å². The maximum Gasteiger partial charge on any atom is 0.272 e. The summed E-state index contributed by atoms with van der Waals surface area (Å²) in [5.41, 5.74) is 2.58. The van der Waals surface area contributed by atoms with Gasteiger partial charge in [-0.2, -0.15) is 5.10 Å². The molecule has 0 saturated carbocycles. The van der Waals surface area contributed by atoms with Crippen LogP contribution < -0.4 is 4.74 Å². The van der Waals surface area contributed by atoms with E-state index < -0.39 is 0 Å². The number of likely N-dealkylation sites (tertiary alicyclic amines) is 1. The number of amides is 1. The fourth-order valence-corrected chi connectivity index (χ4v) is 3.73. The van der Waals surface area contributed by atoms with E-state index in [-0.39, 0.29) is 17.8 Å². The summed E-state index contributed by atoms with van der Waals surface area (Å²) in [4.78, 5) is 19.1. The smallest absolute Gasteiger partial charge is 0.272 e. The van der Waals surface area contributed by atoms with E-state index in [0.29, 0.717) is 24.5 Å². The van der Waals surface area contributed by atoms with Gasteiger partial charge in [0, 0.05) is 30.1 Å². The Bertz CT molecular complexity index is 1200. The van der Waals surface area contributed by atoms with E-state index in [2.05, 4.69) is 15.2 Å². The highest BCUT2D eigenvalue weighted by molar-refractivity contribution is 5.93. The van der Waals surface area contributed by atoms with E-state index in [1.54, 1.807) is 29.3 Å². The molecule has 0 bridgehead atoms. The highest BCUT2D eigenvalue weighted by Crippen LogP contribution is 2.27. The Labute approximate surface area is 172 Å². The van der Waals surface area contributed by atoms with E-state index in [1.807, 2.05) is 30.3 Å². The van der Waals surface area contributed by atoms with Crippen LogP contribution in [0, 0.1) is 5.82 Å². The van der Waals surface area contributed by atoms with Crippen LogP contribution in [0.1, 0.15) is 16.9 Å². The monoisotopic (exact) mass is 402 g/mol. The molecule has 1 amide bonds. The first-order chi connectivity index (χ1) is 14.7. The Morgan fingerprint density at radius 3 is 2.83 bits per heavy atom. The Balaban J connectivity index is 1.28. The van der Waals surface area contributed by atoms with Crippen molar-refractivity contribution in [2.75, 3.05) is 13.1 Å². The number of para-hydroxylation sites is 1. The van der Waals surface area contributed by atoms with Crippen LogP contribution >= 0.6 is 0 Å². The molecule has 1 saturated heterocycles. The third-order valence-electron chi connectivity index (χ3n) is 5.27. The molecule has 1 fully saturated rings. The minimum Gasteiger partial charge on any atom is -0.486 e. The topological polar surface area (TPSA) is 71.1 Å². The average molecular weight is 402 g/mol. The van der Waals surface area contributed by atoms with Gasteiger partial charge in [-0.3, -0.25) is 14.9 Å². The Hall–Kier alpha value is -3.74. The summed E-state index contributed by atoms with van der Waals surface area (Å²) in [5, 5.41) is 8.01. The number of rotatable bonds is 4. The molecule has 7 heteroatoms. The number of hydrogen-bond acceptors (Lipinski definition) is 4. The second kappa shape index (κ2) is 7.59. The number of ether oxygens (including phenoxy) is 1. The van der Waals surface area contributed by atoms with Crippen molar-refractivity contribution < 1.29 is 13.9 Å². The third-order valence-corrected chi connectivity index (χ3v) is 5.27. The Kier molecular flexibility index (Phi) is 4.63. The predicted octanol–water partition coefficient (Wildman–Crippen LogP) is 4.06. The van der Waals surface area contributed by atoms with Gasteiger partial charge in [0.2, 0.25) is 0 Å². The van der Waals surface area contributed by atoms with Gasteiger partial charge >= 0.3 is 0 Å². The average Bonchev–Trinajstić information content (AvgIpc) is 3.44. The third kappa shape index (κ3) is 3.50. The van der Waals surface area contributed by atoms with Crippen molar-refractivity contribution in [2.24, 2.45) is 0 Å². The highest BCUT2D eigenvalue weighted by Gasteiger charge is 2.29. The SMILES string of the molecule is O=C(c1cc(-c2ccc(F)cc2)n[nH]1)N1CC[C@@H](Oc2cccc3cccnc23)C1. The van der Waals surface area contributed by atoms with Crippen LogP contribution in [0.3, 0.4) is 0 Å². The molecule has 1 N–H and O–H groups in total. The first-order valence-corrected chi connectivity index (χ1v) is 9.78. The Morgan fingerprint density at radius 1 is 1.13 bits per heavy atom. The van der Waals surface area contributed by atoms with E-state index >= 15 is 0 Å². The summed E-state index contributed by atoms with van der Waals surface area (Å²) >= 11 is 0. The summed E-state index contributed by atoms with van der Waals surface area (Å²) in [6.45, 7) is 1.10. The van der Waals surface area contributed by atoms with Crippen molar-refractivity contribution in [1.29, 1.82) is 0 Å². The molecular weight excluding hydrogens is 383 g/mol. The fourth-order valence-electron chi connectivity index (χ4n) is 3.73. The lowest BCUT2D eigenvalue weighted by molar-refractivity contribution is 0.0767. The van der Waals surface area contributed by atoms with Crippen LogP contribution in [0.25, 0.3) is 22.2 Å². The van der Waals surface area contributed by atoms with Gasteiger partial charge in [0.15, 0.2) is 0 Å². The summed E-state index contributed by atoms with van der Waals surface area (Å²) in [6, 6.07) is 17.4. The molecular formula is C23H19FN4O2. The minimum absolute atomic E-state index is 0.0963. The number of H-pyrrole nitrogens is 1. The second-order valence-electron chi connectivity index (χ2n) is 7.28. The largest absolute Gasteiger partial charge is 0.486 e. The molecule has 2 aromatic carbocycles. The number of aromatic amines is 1. The summed E-state index contributed by atoms with van der Waals surface area (Å²) in [6.07, 6.45) is 2.39. The second-order valence-corrected chi connectivity index (χ2v) is 7.28. The highest BCUT2D eigenvalue weighted by atomic mass is 19.1. The molecule has 0 spiro atoms. The Morgan fingerprint density at radius 2 is 1.97 bits per heavy atom. The van der Waals surface area contributed by atoms with Crippen LogP contribution in [0.2, 0.25) is 0 Å². The predicted molar refractivity (Wildman–Crippen MR) is 111 cm³/mol. The summed E-state index contributed by atoms with van der Waals surface area (Å²) in [5.74, 6) is 0.292. The molecule has 6 nitrogen and oxygen atoms in total. The molecule has 0 unspecified atom stereocenters. The van der Waals surface area contributed by atoms with Gasteiger partial charge in [0.05, 0.1) is 12.2 Å². The van der Waals surface area contributed by atoms with Crippen LogP contribution in [-0.4, -0.2) is 45.2 Å². The van der Waals surface area contributed by atoms with Crippen molar-refractivity contribution in [1.82, 2.24) is 20.1 Å². The maximum absolute atomic E-state index is 13.1. The minimum atomic E-state index is -0.310. The fraction of sp³-hybridized carbons (Fsp3) is 0.174. The molecule has 0 radical (unpaired) electrons. The number of halogens is 1. The van der Waals surface area contributed by atoms with Gasteiger partial charge < -0.3 is 9.64 Å². The number of nitrogens with zero attached hydrogens (tertiary/aromatic N) is 3. The number of hydrogen-bond donors (Lipinski definition) is 1. The van der Waals surface area contributed by atoms with Crippen molar-refractivity contribution in [3.05, 3.63) is 78.4 Å². The summed E-state index contributed by atoms with van der Waals surface area (Å²) in [7, 11) is 0. The molecule has 5 rings (SSSR count). The zero-order valence-electron chi connectivity index (χ0n) is 16.1. The number of nitrogens with one attached hydrogen (secondary N) is 1. The van der Waals surface area contributed by atoms with Crippen LogP contribution in [0.4, 0.5) is 4.39 Å². The number of benzene rings is 2. The van der Waals surface area contributed by atoms with Gasteiger partial charge in [-0.05, 0) is 42.5 Å². The molecule has 2 aromatic heterocycles. The van der Waals surface area contributed by atoms with Gasteiger partial charge in [0.25, 0.3) is 5.91 Å². The van der Waals surface area contributed by atoms with E-state index in [1.165, 1.54) is 12.1 Å². The van der Waals surface area contributed by atoms with E-state index in [9.17, 15) is 9.18 Å². The quantitative estimate of drug-likeness (QED) is 0.559. The van der Waals surface area contributed by atoms with Crippen molar-refractivity contribution in [2.45, 2.75) is 12.5 Å². The first-order valence-electron chi connectivity index (χ1n) is 9.78. The number of aromatic nitrogens is 3. The number of carbonyl (C=O) groups is 1. The van der Waals surface area contributed by atoms with Gasteiger partial charge in [0.1, 0.15) is 28.9 Å². The molecule has 1 atom stereocenters. The van der Waals surface area contributed by atoms with Crippen LogP contribution in [0.5, 0.6) is 5.75 Å². The maximum atomic E-state index is 13.1. The number of fused-ring (bicyclic) bond motifs is 1.